The SMILES string of the molecule is Brc1ccc2ncc3c(c2c1)NCCO3. The predicted octanol–water partition coefficient (Wildman–Crippen LogP) is 2.80. The minimum atomic E-state index is 0.703. The number of hydrogen-bond acceptors (Lipinski definition) is 3. The van der Waals surface area contributed by atoms with Gasteiger partial charge in [0.2, 0.25) is 0 Å². The Morgan fingerprint density at radius 1 is 1.40 bits per heavy atom. The Morgan fingerprint density at radius 3 is 3.27 bits per heavy atom. The lowest BCUT2D eigenvalue weighted by Crippen LogP contribution is -2.18. The summed E-state index contributed by atoms with van der Waals surface area (Å²) in [6.45, 7) is 1.55. The molecule has 1 N–H and O–H groups in total. The van der Waals surface area contributed by atoms with Crippen LogP contribution in [0, 0.1) is 0 Å². The first-order chi connectivity index (χ1) is 7.34. The van der Waals surface area contributed by atoms with Crippen molar-refractivity contribution in [1.29, 1.82) is 0 Å². The first kappa shape index (κ1) is 8.97. The molecule has 0 fully saturated rings. The molecule has 76 valence electrons. The number of rotatable bonds is 0. The Hall–Kier alpha value is -1.29. The van der Waals surface area contributed by atoms with E-state index in [-0.39, 0.29) is 0 Å². The molecule has 0 saturated heterocycles. The third-order valence-corrected chi connectivity index (χ3v) is 2.95. The van der Waals surface area contributed by atoms with Crippen molar-refractivity contribution in [2.24, 2.45) is 0 Å². The molecule has 3 nitrogen and oxygen atoms in total. The molecule has 0 unspecified atom stereocenters. The molecule has 0 saturated carbocycles. The zero-order valence-electron chi connectivity index (χ0n) is 7.96. The van der Waals surface area contributed by atoms with E-state index in [0.717, 1.165) is 33.4 Å². The molecule has 1 aromatic heterocycles. The number of pyridine rings is 1. The summed E-state index contributed by atoms with van der Waals surface area (Å²) in [6.07, 6.45) is 1.78. The van der Waals surface area contributed by atoms with Crippen LogP contribution in [0.5, 0.6) is 5.75 Å². The van der Waals surface area contributed by atoms with E-state index >= 15 is 0 Å². The van der Waals surface area contributed by atoms with Gasteiger partial charge in [0.05, 0.1) is 17.4 Å². The number of anilines is 1. The molecule has 2 aromatic rings. The van der Waals surface area contributed by atoms with Gasteiger partial charge in [-0.15, -0.1) is 0 Å². The van der Waals surface area contributed by atoms with Crippen LogP contribution in [0.2, 0.25) is 0 Å². The van der Waals surface area contributed by atoms with Gasteiger partial charge in [0.15, 0.2) is 5.75 Å². The van der Waals surface area contributed by atoms with Crippen molar-refractivity contribution in [3.8, 4) is 5.75 Å². The van der Waals surface area contributed by atoms with Gasteiger partial charge in [0.25, 0.3) is 0 Å². The summed E-state index contributed by atoms with van der Waals surface area (Å²) in [5.41, 5.74) is 2.03. The van der Waals surface area contributed by atoms with E-state index in [0.29, 0.717) is 6.61 Å². The molecule has 3 rings (SSSR count). The number of fused-ring (bicyclic) bond motifs is 3. The zero-order chi connectivity index (χ0) is 10.3. The lowest BCUT2D eigenvalue weighted by Gasteiger charge is -2.20. The van der Waals surface area contributed by atoms with Gasteiger partial charge in [0.1, 0.15) is 6.61 Å². The Balaban J connectivity index is 2.34. The molecule has 1 aliphatic rings. The van der Waals surface area contributed by atoms with Gasteiger partial charge in [-0.05, 0) is 18.2 Å². The van der Waals surface area contributed by atoms with Crippen molar-refractivity contribution >= 4 is 32.5 Å². The van der Waals surface area contributed by atoms with Crippen molar-refractivity contribution in [2.75, 3.05) is 18.5 Å². The van der Waals surface area contributed by atoms with Crippen LogP contribution in [-0.4, -0.2) is 18.1 Å². The van der Waals surface area contributed by atoms with Crippen LogP contribution in [0.1, 0.15) is 0 Å². The van der Waals surface area contributed by atoms with E-state index < -0.39 is 0 Å². The van der Waals surface area contributed by atoms with Crippen LogP contribution in [0.25, 0.3) is 10.9 Å². The first-order valence-corrected chi connectivity index (χ1v) is 5.59. The summed E-state index contributed by atoms with van der Waals surface area (Å²) in [4.78, 5) is 4.35. The highest BCUT2D eigenvalue weighted by Crippen LogP contribution is 2.34. The molecule has 1 aliphatic heterocycles. The van der Waals surface area contributed by atoms with Crippen LogP contribution >= 0.6 is 15.9 Å². The number of nitrogens with one attached hydrogen (secondary N) is 1. The van der Waals surface area contributed by atoms with E-state index in [1.807, 2.05) is 12.1 Å². The molecular formula is C11H9BrN2O. The van der Waals surface area contributed by atoms with Crippen LogP contribution in [0.15, 0.2) is 28.9 Å². The quantitative estimate of drug-likeness (QED) is 0.795. The van der Waals surface area contributed by atoms with E-state index in [4.69, 9.17) is 4.74 Å². The Morgan fingerprint density at radius 2 is 2.33 bits per heavy atom. The maximum atomic E-state index is 5.53. The maximum absolute atomic E-state index is 5.53. The number of ether oxygens (including phenoxy) is 1. The molecule has 0 bridgehead atoms. The van der Waals surface area contributed by atoms with Gasteiger partial charge in [-0.25, -0.2) is 0 Å². The van der Waals surface area contributed by atoms with E-state index in [9.17, 15) is 0 Å². The summed E-state index contributed by atoms with van der Waals surface area (Å²) in [7, 11) is 0. The van der Waals surface area contributed by atoms with Gasteiger partial charge in [-0.1, -0.05) is 15.9 Å². The van der Waals surface area contributed by atoms with Crippen molar-refractivity contribution in [3.05, 3.63) is 28.9 Å². The summed E-state index contributed by atoms with van der Waals surface area (Å²) in [5.74, 6) is 0.840. The maximum Gasteiger partial charge on any atom is 0.161 e. The van der Waals surface area contributed by atoms with Crippen LogP contribution in [0.4, 0.5) is 5.69 Å². The third-order valence-electron chi connectivity index (χ3n) is 2.46. The van der Waals surface area contributed by atoms with E-state index in [1.165, 1.54) is 0 Å². The topological polar surface area (TPSA) is 34.2 Å². The minimum Gasteiger partial charge on any atom is -0.488 e. The fourth-order valence-corrected chi connectivity index (χ4v) is 2.14. The van der Waals surface area contributed by atoms with Gasteiger partial charge in [0, 0.05) is 16.4 Å². The molecule has 1 aromatic carbocycles. The first-order valence-electron chi connectivity index (χ1n) is 4.79. The van der Waals surface area contributed by atoms with Gasteiger partial charge >= 0.3 is 0 Å². The molecule has 0 amide bonds. The van der Waals surface area contributed by atoms with Crippen molar-refractivity contribution in [1.82, 2.24) is 4.98 Å². The Labute approximate surface area is 95.6 Å². The molecule has 4 heteroatoms. The second-order valence-electron chi connectivity index (χ2n) is 3.43. The largest absolute Gasteiger partial charge is 0.488 e. The molecule has 0 radical (unpaired) electrons. The fourth-order valence-electron chi connectivity index (χ4n) is 1.78. The molecule has 2 heterocycles. The standard InChI is InChI=1S/C11H9BrN2O/c12-7-1-2-9-8(5-7)11-10(6-14-9)15-4-3-13-11/h1-2,5-6,13H,3-4H2. The van der Waals surface area contributed by atoms with Crippen LogP contribution in [0.3, 0.4) is 0 Å². The van der Waals surface area contributed by atoms with Crippen molar-refractivity contribution in [3.63, 3.8) is 0 Å². The summed E-state index contributed by atoms with van der Waals surface area (Å²) >= 11 is 3.46. The number of aromatic nitrogens is 1. The Kier molecular flexibility index (Phi) is 2.02. The fraction of sp³-hybridized carbons (Fsp3) is 0.182. The van der Waals surface area contributed by atoms with E-state index in [2.05, 4.69) is 32.3 Å². The highest BCUT2D eigenvalue weighted by Gasteiger charge is 2.13. The monoisotopic (exact) mass is 264 g/mol. The second kappa shape index (κ2) is 3.38. The van der Waals surface area contributed by atoms with Gasteiger partial charge in [-0.3, -0.25) is 4.98 Å². The lowest BCUT2D eigenvalue weighted by atomic mass is 10.1. The molecule has 15 heavy (non-hydrogen) atoms. The highest BCUT2D eigenvalue weighted by atomic mass is 79.9. The van der Waals surface area contributed by atoms with Crippen molar-refractivity contribution in [2.45, 2.75) is 0 Å². The van der Waals surface area contributed by atoms with Crippen LogP contribution in [-0.2, 0) is 0 Å². The lowest BCUT2D eigenvalue weighted by molar-refractivity contribution is 0.323. The summed E-state index contributed by atoms with van der Waals surface area (Å²) < 4.78 is 6.58. The minimum absolute atomic E-state index is 0.703. The average Bonchev–Trinajstić information content (AvgIpc) is 2.29. The molecule has 0 atom stereocenters. The Bertz CT molecular complexity index is 527. The molecule has 0 aliphatic carbocycles. The second-order valence-corrected chi connectivity index (χ2v) is 4.35. The molecule has 0 spiro atoms. The predicted molar refractivity (Wildman–Crippen MR) is 63.4 cm³/mol. The van der Waals surface area contributed by atoms with Crippen molar-refractivity contribution < 1.29 is 4.74 Å². The van der Waals surface area contributed by atoms with Crippen LogP contribution < -0.4 is 10.1 Å². The summed E-state index contributed by atoms with van der Waals surface area (Å²) in [6, 6.07) is 6.05. The highest BCUT2D eigenvalue weighted by molar-refractivity contribution is 9.10. The number of hydrogen-bond donors (Lipinski definition) is 1. The number of halogens is 1. The zero-order valence-corrected chi connectivity index (χ0v) is 9.54. The average molecular weight is 265 g/mol. The molecular weight excluding hydrogens is 256 g/mol. The van der Waals surface area contributed by atoms with E-state index in [1.54, 1.807) is 6.20 Å². The van der Waals surface area contributed by atoms with Gasteiger partial charge in [-0.2, -0.15) is 0 Å². The number of nitrogens with zero attached hydrogens (tertiary/aromatic N) is 1. The summed E-state index contributed by atoms with van der Waals surface area (Å²) in [5, 5.41) is 4.45. The number of benzene rings is 1. The third kappa shape index (κ3) is 1.45. The van der Waals surface area contributed by atoms with Gasteiger partial charge < -0.3 is 10.1 Å². The smallest absolute Gasteiger partial charge is 0.161 e. The normalized spacial score (nSPS) is 14.2.